The summed E-state index contributed by atoms with van der Waals surface area (Å²) in [6.07, 6.45) is 0.400. The molecule has 0 saturated carbocycles. The SMILES string of the molecule is NCCCS(=O)(=O)c1ccc2[nH]c(=O)oc2c1. The molecule has 0 fully saturated rings. The summed E-state index contributed by atoms with van der Waals surface area (Å²) in [4.78, 5) is 13.5. The van der Waals surface area contributed by atoms with Crippen LogP contribution in [0.4, 0.5) is 0 Å². The number of aromatic amines is 1. The van der Waals surface area contributed by atoms with Gasteiger partial charge in [0.05, 0.1) is 16.2 Å². The number of rotatable bonds is 4. The highest BCUT2D eigenvalue weighted by molar-refractivity contribution is 7.91. The molecule has 0 aliphatic heterocycles. The van der Waals surface area contributed by atoms with Crippen LogP contribution in [-0.4, -0.2) is 25.7 Å². The fourth-order valence-corrected chi connectivity index (χ4v) is 2.85. The molecule has 0 amide bonds. The van der Waals surface area contributed by atoms with Gasteiger partial charge in [0.25, 0.3) is 0 Å². The molecule has 0 spiro atoms. The Morgan fingerprint density at radius 3 is 2.82 bits per heavy atom. The second-order valence-corrected chi connectivity index (χ2v) is 5.74. The molecule has 7 heteroatoms. The lowest BCUT2D eigenvalue weighted by molar-refractivity contribution is 0.554. The summed E-state index contributed by atoms with van der Waals surface area (Å²) in [5.41, 5.74) is 6.00. The Kier molecular flexibility index (Phi) is 3.03. The van der Waals surface area contributed by atoms with Crippen LogP contribution in [0, 0.1) is 0 Å². The second-order valence-electron chi connectivity index (χ2n) is 3.63. The minimum absolute atomic E-state index is 0.0103. The zero-order valence-electron chi connectivity index (χ0n) is 8.97. The van der Waals surface area contributed by atoms with Gasteiger partial charge in [0.2, 0.25) is 0 Å². The molecule has 0 atom stereocenters. The average Bonchev–Trinajstić information content (AvgIpc) is 2.65. The lowest BCUT2D eigenvalue weighted by Gasteiger charge is -2.02. The summed E-state index contributed by atoms with van der Waals surface area (Å²) in [6.45, 7) is 0.320. The Morgan fingerprint density at radius 2 is 2.12 bits per heavy atom. The van der Waals surface area contributed by atoms with Crippen molar-refractivity contribution in [3.63, 3.8) is 0 Å². The van der Waals surface area contributed by atoms with Crippen molar-refractivity contribution in [3.05, 3.63) is 28.7 Å². The summed E-state index contributed by atoms with van der Waals surface area (Å²) < 4.78 is 28.5. The van der Waals surface area contributed by atoms with Gasteiger partial charge in [-0.05, 0) is 25.1 Å². The molecule has 3 N–H and O–H groups in total. The van der Waals surface area contributed by atoms with E-state index in [0.29, 0.717) is 18.5 Å². The number of hydrogen-bond acceptors (Lipinski definition) is 5. The minimum Gasteiger partial charge on any atom is -0.408 e. The molecule has 0 bridgehead atoms. The molecule has 17 heavy (non-hydrogen) atoms. The summed E-state index contributed by atoms with van der Waals surface area (Å²) in [7, 11) is -3.36. The number of aromatic nitrogens is 1. The number of oxazole rings is 1. The summed E-state index contributed by atoms with van der Waals surface area (Å²) in [5.74, 6) is -0.611. The molecule has 0 aliphatic rings. The van der Waals surface area contributed by atoms with Gasteiger partial charge in [0, 0.05) is 6.07 Å². The van der Waals surface area contributed by atoms with Gasteiger partial charge in [-0.3, -0.25) is 4.98 Å². The maximum Gasteiger partial charge on any atom is 0.417 e. The summed E-state index contributed by atoms with van der Waals surface area (Å²) in [5, 5.41) is 0. The third-order valence-electron chi connectivity index (χ3n) is 2.37. The first-order valence-corrected chi connectivity index (χ1v) is 6.74. The van der Waals surface area contributed by atoms with E-state index in [0.717, 1.165) is 0 Å². The van der Waals surface area contributed by atoms with E-state index in [1.807, 2.05) is 0 Å². The average molecular weight is 256 g/mol. The van der Waals surface area contributed by atoms with E-state index in [1.165, 1.54) is 18.2 Å². The number of H-pyrrole nitrogens is 1. The minimum atomic E-state index is -3.36. The molecule has 92 valence electrons. The van der Waals surface area contributed by atoms with E-state index in [1.54, 1.807) is 0 Å². The van der Waals surface area contributed by atoms with E-state index >= 15 is 0 Å². The van der Waals surface area contributed by atoms with Gasteiger partial charge in [0.1, 0.15) is 0 Å². The number of nitrogens with one attached hydrogen (secondary N) is 1. The van der Waals surface area contributed by atoms with Crippen molar-refractivity contribution in [3.8, 4) is 0 Å². The van der Waals surface area contributed by atoms with Gasteiger partial charge < -0.3 is 10.2 Å². The van der Waals surface area contributed by atoms with E-state index in [-0.39, 0.29) is 16.2 Å². The molecule has 0 unspecified atom stereocenters. The highest BCUT2D eigenvalue weighted by atomic mass is 32.2. The van der Waals surface area contributed by atoms with Crippen molar-refractivity contribution in [2.75, 3.05) is 12.3 Å². The quantitative estimate of drug-likeness (QED) is 0.815. The first-order valence-electron chi connectivity index (χ1n) is 5.08. The van der Waals surface area contributed by atoms with Crippen molar-refractivity contribution in [2.24, 2.45) is 5.73 Å². The zero-order valence-corrected chi connectivity index (χ0v) is 9.79. The zero-order chi connectivity index (χ0) is 12.5. The van der Waals surface area contributed by atoms with Crippen LogP contribution >= 0.6 is 0 Å². The van der Waals surface area contributed by atoms with Crippen molar-refractivity contribution in [1.29, 1.82) is 0 Å². The number of hydrogen-bond donors (Lipinski definition) is 2. The van der Waals surface area contributed by atoms with Gasteiger partial charge in [0.15, 0.2) is 15.4 Å². The van der Waals surface area contributed by atoms with E-state index < -0.39 is 15.6 Å². The largest absolute Gasteiger partial charge is 0.417 e. The van der Waals surface area contributed by atoms with Crippen LogP contribution in [0.15, 0.2) is 32.3 Å². The molecular weight excluding hydrogens is 244 g/mol. The number of sulfone groups is 1. The first kappa shape index (κ1) is 11.9. The van der Waals surface area contributed by atoms with Gasteiger partial charge >= 0.3 is 5.76 Å². The Labute approximate surface area is 97.3 Å². The predicted octanol–water partition coefficient (Wildman–Crippen LogP) is 0.244. The van der Waals surface area contributed by atoms with Crippen molar-refractivity contribution >= 4 is 20.9 Å². The normalized spacial score (nSPS) is 12.1. The van der Waals surface area contributed by atoms with Crippen molar-refractivity contribution < 1.29 is 12.8 Å². The molecule has 1 aromatic carbocycles. The van der Waals surface area contributed by atoms with Gasteiger partial charge in [-0.2, -0.15) is 0 Å². The van der Waals surface area contributed by atoms with Crippen LogP contribution in [0.3, 0.4) is 0 Å². The molecule has 1 aromatic heterocycles. The predicted molar refractivity (Wildman–Crippen MR) is 62.6 cm³/mol. The highest BCUT2D eigenvalue weighted by Crippen LogP contribution is 2.18. The number of nitrogens with two attached hydrogens (primary N) is 1. The summed E-state index contributed by atoms with van der Waals surface area (Å²) >= 11 is 0. The first-order chi connectivity index (χ1) is 8.03. The fourth-order valence-electron chi connectivity index (χ4n) is 1.51. The molecule has 1 heterocycles. The topological polar surface area (TPSA) is 106 Å². The lowest BCUT2D eigenvalue weighted by Crippen LogP contribution is -2.11. The Balaban J connectivity index is 2.45. The third-order valence-corrected chi connectivity index (χ3v) is 4.17. The maximum absolute atomic E-state index is 11.9. The van der Waals surface area contributed by atoms with Crippen molar-refractivity contribution in [2.45, 2.75) is 11.3 Å². The molecule has 2 rings (SSSR count). The molecule has 0 saturated heterocycles. The fraction of sp³-hybridized carbons (Fsp3) is 0.300. The van der Waals surface area contributed by atoms with Crippen molar-refractivity contribution in [1.82, 2.24) is 4.98 Å². The molecule has 6 nitrogen and oxygen atoms in total. The van der Waals surface area contributed by atoms with Crippen LogP contribution in [0.1, 0.15) is 6.42 Å². The van der Waals surface area contributed by atoms with Gasteiger partial charge in [-0.1, -0.05) is 0 Å². The Bertz CT molecular complexity index is 684. The molecule has 0 aliphatic carbocycles. The van der Waals surface area contributed by atoms with Gasteiger partial charge in [-0.25, -0.2) is 13.2 Å². The smallest absolute Gasteiger partial charge is 0.408 e. The van der Waals surface area contributed by atoms with E-state index in [4.69, 9.17) is 10.2 Å². The second kappa shape index (κ2) is 4.34. The van der Waals surface area contributed by atoms with Crippen LogP contribution in [-0.2, 0) is 9.84 Å². The van der Waals surface area contributed by atoms with Crippen LogP contribution < -0.4 is 11.5 Å². The summed E-state index contributed by atoms with van der Waals surface area (Å²) in [6, 6.07) is 4.30. The van der Waals surface area contributed by atoms with E-state index in [2.05, 4.69) is 4.98 Å². The van der Waals surface area contributed by atoms with Gasteiger partial charge in [-0.15, -0.1) is 0 Å². The van der Waals surface area contributed by atoms with Crippen LogP contribution in [0.5, 0.6) is 0 Å². The Morgan fingerprint density at radius 1 is 1.35 bits per heavy atom. The Hall–Kier alpha value is -1.60. The molecular formula is C10H12N2O4S. The van der Waals surface area contributed by atoms with Crippen LogP contribution in [0.2, 0.25) is 0 Å². The lowest BCUT2D eigenvalue weighted by atomic mass is 10.3. The standard InChI is InChI=1S/C10H12N2O4S/c11-4-1-5-17(14,15)7-2-3-8-9(6-7)16-10(13)12-8/h2-3,6H,1,4-5,11H2,(H,12,13). The molecule has 0 radical (unpaired) electrons. The van der Waals surface area contributed by atoms with E-state index in [9.17, 15) is 13.2 Å². The number of fused-ring (bicyclic) bond motifs is 1. The molecule has 2 aromatic rings. The maximum atomic E-state index is 11.9. The number of benzene rings is 1. The third kappa shape index (κ3) is 2.40. The highest BCUT2D eigenvalue weighted by Gasteiger charge is 2.15. The van der Waals surface area contributed by atoms with Crippen LogP contribution in [0.25, 0.3) is 11.1 Å². The monoisotopic (exact) mass is 256 g/mol.